The highest BCUT2D eigenvalue weighted by molar-refractivity contribution is 6.05. The Morgan fingerprint density at radius 3 is 2.56 bits per heavy atom. The summed E-state index contributed by atoms with van der Waals surface area (Å²) in [4.78, 5) is 19.3. The van der Waals surface area contributed by atoms with Gasteiger partial charge in [0.15, 0.2) is 0 Å². The van der Waals surface area contributed by atoms with E-state index in [-0.39, 0.29) is 5.91 Å². The zero-order valence-corrected chi connectivity index (χ0v) is 14.4. The molecule has 25 heavy (non-hydrogen) atoms. The molecule has 2 heterocycles. The molecule has 2 N–H and O–H groups in total. The standard InChI is InChI=1S/C20H24N4O/c25-20(15-8-11-19(21-14-15)22-16-9-10-16)23-17-6-2-3-7-18(17)24-12-4-1-5-13-24/h2-3,6-8,11,14,16H,1,4-5,9-10,12-13H2,(H,21,22)(H,23,25). The van der Waals surface area contributed by atoms with Gasteiger partial charge in [0.05, 0.1) is 16.9 Å². The van der Waals surface area contributed by atoms with E-state index in [4.69, 9.17) is 0 Å². The third-order valence-corrected chi connectivity index (χ3v) is 4.80. The largest absolute Gasteiger partial charge is 0.370 e. The number of hydrogen-bond donors (Lipinski definition) is 2. The number of benzene rings is 1. The monoisotopic (exact) mass is 336 g/mol. The molecule has 0 radical (unpaired) electrons. The molecule has 1 saturated carbocycles. The molecule has 1 aromatic carbocycles. The van der Waals surface area contributed by atoms with Crippen molar-refractivity contribution in [3.63, 3.8) is 0 Å². The van der Waals surface area contributed by atoms with E-state index in [1.165, 1.54) is 32.1 Å². The normalized spacial score (nSPS) is 17.2. The summed E-state index contributed by atoms with van der Waals surface area (Å²) in [5.74, 6) is 0.725. The average molecular weight is 336 g/mol. The fraction of sp³-hybridized carbons (Fsp3) is 0.400. The SMILES string of the molecule is O=C(Nc1ccccc1N1CCCCC1)c1ccc(NC2CC2)nc1. The van der Waals surface area contributed by atoms with Gasteiger partial charge in [-0.15, -0.1) is 0 Å². The predicted molar refractivity (Wildman–Crippen MR) is 101 cm³/mol. The molecule has 5 heteroatoms. The van der Waals surface area contributed by atoms with Gasteiger partial charge in [-0.2, -0.15) is 0 Å². The van der Waals surface area contributed by atoms with E-state index in [0.29, 0.717) is 11.6 Å². The Morgan fingerprint density at radius 1 is 1.04 bits per heavy atom. The lowest BCUT2D eigenvalue weighted by Crippen LogP contribution is -2.30. The topological polar surface area (TPSA) is 57.3 Å². The molecular weight excluding hydrogens is 312 g/mol. The van der Waals surface area contributed by atoms with E-state index >= 15 is 0 Å². The molecule has 1 aromatic heterocycles. The van der Waals surface area contributed by atoms with Gasteiger partial charge in [-0.3, -0.25) is 4.79 Å². The minimum atomic E-state index is -0.116. The van der Waals surface area contributed by atoms with E-state index in [9.17, 15) is 4.79 Å². The molecule has 1 amide bonds. The number of hydrogen-bond acceptors (Lipinski definition) is 4. The first-order valence-electron chi connectivity index (χ1n) is 9.17. The summed E-state index contributed by atoms with van der Waals surface area (Å²) in [5, 5.41) is 6.39. The zero-order valence-electron chi connectivity index (χ0n) is 14.4. The van der Waals surface area contributed by atoms with Crippen LogP contribution in [0.4, 0.5) is 17.2 Å². The van der Waals surface area contributed by atoms with Crippen LogP contribution in [-0.4, -0.2) is 30.0 Å². The van der Waals surface area contributed by atoms with Crippen molar-refractivity contribution < 1.29 is 4.79 Å². The number of amides is 1. The first-order chi connectivity index (χ1) is 12.3. The highest BCUT2D eigenvalue weighted by Crippen LogP contribution is 2.29. The summed E-state index contributed by atoms with van der Waals surface area (Å²) in [7, 11) is 0. The second-order valence-corrected chi connectivity index (χ2v) is 6.87. The Hall–Kier alpha value is -2.56. The summed E-state index contributed by atoms with van der Waals surface area (Å²) in [6, 6.07) is 12.3. The highest BCUT2D eigenvalue weighted by atomic mass is 16.1. The molecule has 1 aliphatic heterocycles. The predicted octanol–water partition coefficient (Wildman–Crippen LogP) is 3.90. The first-order valence-corrected chi connectivity index (χ1v) is 9.17. The number of pyridine rings is 1. The van der Waals surface area contributed by atoms with Crippen LogP contribution >= 0.6 is 0 Å². The second kappa shape index (κ2) is 7.13. The molecule has 2 aliphatic rings. The summed E-state index contributed by atoms with van der Waals surface area (Å²) >= 11 is 0. The van der Waals surface area contributed by atoms with E-state index in [2.05, 4.69) is 26.6 Å². The molecule has 0 atom stereocenters. The number of rotatable bonds is 5. The Balaban J connectivity index is 1.46. The number of carbonyl (C=O) groups is 1. The molecule has 130 valence electrons. The summed E-state index contributed by atoms with van der Waals surface area (Å²) < 4.78 is 0. The van der Waals surface area contributed by atoms with Crippen LogP contribution < -0.4 is 15.5 Å². The van der Waals surface area contributed by atoms with Crippen LogP contribution in [0.3, 0.4) is 0 Å². The molecule has 1 saturated heterocycles. The van der Waals surface area contributed by atoms with Crippen molar-refractivity contribution in [3.05, 3.63) is 48.2 Å². The lowest BCUT2D eigenvalue weighted by molar-refractivity contribution is 0.102. The lowest BCUT2D eigenvalue weighted by atomic mass is 10.1. The van der Waals surface area contributed by atoms with Crippen molar-refractivity contribution in [2.24, 2.45) is 0 Å². The number of anilines is 3. The smallest absolute Gasteiger partial charge is 0.257 e. The summed E-state index contributed by atoms with van der Waals surface area (Å²) in [6.07, 6.45) is 7.76. The van der Waals surface area contributed by atoms with Gasteiger partial charge in [-0.1, -0.05) is 12.1 Å². The van der Waals surface area contributed by atoms with E-state index in [1.807, 2.05) is 30.3 Å². The third-order valence-electron chi connectivity index (χ3n) is 4.80. The molecule has 2 aromatic rings. The molecule has 0 spiro atoms. The highest BCUT2D eigenvalue weighted by Gasteiger charge is 2.21. The van der Waals surface area contributed by atoms with Crippen LogP contribution in [0, 0.1) is 0 Å². The van der Waals surface area contributed by atoms with Crippen molar-refractivity contribution in [2.45, 2.75) is 38.1 Å². The number of nitrogens with zero attached hydrogens (tertiary/aromatic N) is 2. The second-order valence-electron chi connectivity index (χ2n) is 6.87. The third kappa shape index (κ3) is 3.92. The number of para-hydroxylation sites is 2. The molecule has 4 rings (SSSR count). The Labute approximate surface area is 148 Å². The number of aromatic nitrogens is 1. The average Bonchev–Trinajstić information content (AvgIpc) is 3.47. The Bertz CT molecular complexity index is 734. The maximum atomic E-state index is 12.6. The van der Waals surface area contributed by atoms with Crippen molar-refractivity contribution in [1.82, 2.24) is 4.98 Å². The number of carbonyl (C=O) groups excluding carboxylic acids is 1. The van der Waals surface area contributed by atoms with Crippen LogP contribution in [0.2, 0.25) is 0 Å². The Morgan fingerprint density at radius 2 is 1.84 bits per heavy atom. The fourth-order valence-corrected chi connectivity index (χ4v) is 3.23. The molecule has 5 nitrogen and oxygen atoms in total. The maximum Gasteiger partial charge on any atom is 0.257 e. The van der Waals surface area contributed by atoms with Gasteiger partial charge in [0.2, 0.25) is 0 Å². The van der Waals surface area contributed by atoms with Gasteiger partial charge in [-0.25, -0.2) is 4.98 Å². The van der Waals surface area contributed by atoms with Crippen molar-refractivity contribution in [1.29, 1.82) is 0 Å². The summed E-state index contributed by atoms with van der Waals surface area (Å²) in [5.41, 5.74) is 2.56. The molecule has 2 fully saturated rings. The minimum absolute atomic E-state index is 0.116. The van der Waals surface area contributed by atoms with Crippen LogP contribution in [-0.2, 0) is 0 Å². The van der Waals surface area contributed by atoms with Gasteiger partial charge in [0.1, 0.15) is 5.82 Å². The van der Waals surface area contributed by atoms with Gasteiger partial charge < -0.3 is 15.5 Å². The molecule has 1 aliphatic carbocycles. The van der Waals surface area contributed by atoms with Crippen molar-refractivity contribution in [2.75, 3.05) is 28.6 Å². The van der Waals surface area contributed by atoms with E-state index in [1.54, 1.807) is 6.20 Å². The first kappa shape index (κ1) is 15.9. The molecule has 0 bridgehead atoms. The van der Waals surface area contributed by atoms with Crippen molar-refractivity contribution in [3.8, 4) is 0 Å². The molecule has 0 unspecified atom stereocenters. The van der Waals surface area contributed by atoms with Crippen LogP contribution in [0.25, 0.3) is 0 Å². The molecular formula is C20H24N4O. The number of piperidine rings is 1. The van der Waals surface area contributed by atoms with Crippen molar-refractivity contribution >= 4 is 23.1 Å². The van der Waals surface area contributed by atoms with Gasteiger partial charge in [0, 0.05) is 25.3 Å². The minimum Gasteiger partial charge on any atom is -0.370 e. The fourth-order valence-electron chi connectivity index (χ4n) is 3.23. The lowest BCUT2D eigenvalue weighted by Gasteiger charge is -2.30. The zero-order chi connectivity index (χ0) is 17.1. The van der Waals surface area contributed by atoms with E-state index in [0.717, 1.165) is 30.3 Å². The van der Waals surface area contributed by atoms with Crippen LogP contribution in [0.15, 0.2) is 42.6 Å². The quantitative estimate of drug-likeness (QED) is 0.869. The van der Waals surface area contributed by atoms with Crippen LogP contribution in [0.5, 0.6) is 0 Å². The van der Waals surface area contributed by atoms with Gasteiger partial charge in [-0.05, 0) is 56.4 Å². The maximum absolute atomic E-state index is 12.6. The number of nitrogens with one attached hydrogen (secondary N) is 2. The van der Waals surface area contributed by atoms with Crippen LogP contribution in [0.1, 0.15) is 42.5 Å². The Kier molecular flexibility index (Phi) is 4.55. The van der Waals surface area contributed by atoms with E-state index < -0.39 is 0 Å². The van der Waals surface area contributed by atoms with Gasteiger partial charge >= 0.3 is 0 Å². The summed E-state index contributed by atoms with van der Waals surface area (Å²) in [6.45, 7) is 2.10. The van der Waals surface area contributed by atoms with Gasteiger partial charge in [0.25, 0.3) is 5.91 Å².